The molecule has 0 saturated carbocycles. The Morgan fingerprint density at radius 1 is 0.552 bits per heavy atom. The second-order valence-corrected chi connectivity index (χ2v) is 17.2. The van der Waals surface area contributed by atoms with Crippen LogP contribution in [0, 0.1) is 47.9 Å². The number of nitro groups is 2. The highest BCUT2D eigenvalue weighted by atomic mass is 16.6. The van der Waals surface area contributed by atoms with Crippen LogP contribution >= 0.6 is 0 Å². The van der Waals surface area contributed by atoms with Crippen LogP contribution in [0.4, 0.5) is 22.7 Å². The van der Waals surface area contributed by atoms with Crippen LogP contribution in [0.25, 0.3) is 12.2 Å². The third-order valence-corrected chi connectivity index (χ3v) is 13.6. The minimum absolute atomic E-state index is 0.0886. The minimum Gasteiger partial charge on any atom is -0.462 e. The quantitative estimate of drug-likeness (QED) is 0.124. The summed E-state index contributed by atoms with van der Waals surface area (Å²) in [4.78, 5) is 27.8. The summed E-state index contributed by atoms with van der Waals surface area (Å²) in [5.74, 6) is 1.33. The van der Waals surface area contributed by atoms with Gasteiger partial charge in [0.05, 0.1) is 20.7 Å². The zero-order valence-corrected chi connectivity index (χ0v) is 34.0. The van der Waals surface area contributed by atoms with E-state index in [-0.39, 0.29) is 21.2 Å². The fourth-order valence-corrected chi connectivity index (χ4v) is 9.86. The normalized spacial score (nSPS) is 21.3. The Balaban J connectivity index is 1.06. The molecule has 2 spiro atoms. The van der Waals surface area contributed by atoms with Crippen LogP contribution < -0.4 is 19.3 Å². The summed E-state index contributed by atoms with van der Waals surface area (Å²) in [5.41, 5.74) is 8.25. The first-order chi connectivity index (χ1) is 27.5. The molecule has 58 heavy (non-hydrogen) atoms. The van der Waals surface area contributed by atoms with Gasteiger partial charge in [-0.3, -0.25) is 20.2 Å². The lowest BCUT2D eigenvalue weighted by Crippen LogP contribution is -2.59. The number of rotatable bonds is 6. The zero-order chi connectivity index (χ0) is 41.1. The van der Waals surface area contributed by atoms with Gasteiger partial charge >= 0.3 is 0 Å². The molecule has 4 aliphatic heterocycles. The summed E-state index contributed by atoms with van der Waals surface area (Å²) < 4.78 is 14.3. The standard InChI is InChI=1S/C48H46N4O6/c1-29-31(3)43-35(25-41(29)51(53)54)21-23-47(57-43)45(5,6)37-13-9-11-15-39(37)49(47)27-33-17-19-34(20-18-33)28-50-40-16-12-10-14-38(40)46(7,8)48(50)24-22-36-26-42(52(55)56)30(2)32(4)44(36)58-48/h9-26H,27-28H2,1-8H3. The van der Waals surface area contributed by atoms with Gasteiger partial charge in [-0.1, -0.05) is 60.7 Å². The summed E-state index contributed by atoms with van der Waals surface area (Å²) in [6.07, 6.45) is 8.12. The Morgan fingerprint density at radius 3 is 1.28 bits per heavy atom. The van der Waals surface area contributed by atoms with Gasteiger partial charge in [0.15, 0.2) is 0 Å². The average molecular weight is 775 g/mol. The number of hydrogen-bond acceptors (Lipinski definition) is 8. The smallest absolute Gasteiger partial charge is 0.273 e. The number of para-hydroxylation sites is 2. The fourth-order valence-electron chi connectivity index (χ4n) is 9.86. The highest BCUT2D eigenvalue weighted by molar-refractivity contribution is 5.77. The maximum absolute atomic E-state index is 11.9. The van der Waals surface area contributed by atoms with Crippen molar-refractivity contribution in [1.82, 2.24) is 0 Å². The molecule has 0 bridgehead atoms. The maximum Gasteiger partial charge on any atom is 0.273 e. The van der Waals surface area contributed by atoms with E-state index < -0.39 is 22.3 Å². The second-order valence-electron chi connectivity index (χ2n) is 17.2. The zero-order valence-electron chi connectivity index (χ0n) is 34.0. The van der Waals surface area contributed by atoms with E-state index in [1.807, 2.05) is 26.0 Å². The molecular formula is C48H46N4O6. The summed E-state index contributed by atoms with van der Waals surface area (Å²) in [6, 6.07) is 28.8. The lowest BCUT2D eigenvalue weighted by Gasteiger charge is -2.48. The van der Waals surface area contributed by atoms with Crippen molar-refractivity contribution in [2.45, 2.75) is 90.8 Å². The van der Waals surface area contributed by atoms with Crippen LogP contribution in [-0.4, -0.2) is 21.3 Å². The van der Waals surface area contributed by atoms with Crippen molar-refractivity contribution in [2.75, 3.05) is 9.80 Å². The highest BCUT2D eigenvalue weighted by Gasteiger charge is 2.60. The van der Waals surface area contributed by atoms with E-state index in [0.717, 1.165) is 33.6 Å². The lowest BCUT2D eigenvalue weighted by atomic mass is 9.76. The van der Waals surface area contributed by atoms with Crippen LogP contribution in [0.15, 0.2) is 97.1 Å². The fraction of sp³-hybridized carbons (Fsp3) is 0.292. The predicted octanol–water partition coefficient (Wildman–Crippen LogP) is 10.9. The molecule has 0 saturated heterocycles. The van der Waals surface area contributed by atoms with E-state index in [1.165, 1.54) is 11.1 Å². The molecular weight excluding hydrogens is 729 g/mol. The molecule has 0 aliphatic carbocycles. The van der Waals surface area contributed by atoms with Gasteiger partial charge in [-0.25, -0.2) is 0 Å². The Hall–Kier alpha value is -6.42. The molecule has 4 aliphatic rings. The summed E-state index contributed by atoms with van der Waals surface area (Å²) in [7, 11) is 0. The number of benzene rings is 5. The van der Waals surface area contributed by atoms with Crippen LogP contribution in [0.1, 0.15) is 83.3 Å². The van der Waals surface area contributed by atoms with E-state index in [2.05, 4.69) is 122 Å². The van der Waals surface area contributed by atoms with Crippen LogP contribution in [0.5, 0.6) is 11.5 Å². The van der Waals surface area contributed by atoms with Gasteiger partial charge in [0.1, 0.15) is 11.5 Å². The number of hydrogen-bond donors (Lipinski definition) is 0. The predicted molar refractivity (Wildman–Crippen MR) is 228 cm³/mol. The van der Waals surface area contributed by atoms with Crippen LogP contribution in [0.2, 0.25) is 0 Å². The maximum atomic E-state index is 11.9. The first-order valence-electron chi connectivity index (χ1n) is 19.7. The Bertz CT molecular complexity index is 2480. The molecule has 0 aromatic heterocycles. The summed E-state index contributed by atoms with van der Waals surface area (Å²) in [5, 5.41) is 23.8. The molecule has 0 fully saturated rings. The first-order valence-corrected chi connectivity index (χ1v) is 19.7. The van der Waals surface area contributed by atoms with Crippen molar-refractivity contribution in [3.8, 4) is 11.5 Å². The number of fused-ring (bicyclic) bond motifs is 4. The molecule has 0 N–H and O–H groups in total. The molecule has 294 valence electrons. The molecule has 5 aromatic rings. The number of nitro benzene ring substituents is 2. The first kappa shape index (κ1) is 37.2. The van der Waals surface area contributed by atoms with Gasteiger partial charge in [0, 0.05) is 70.0 Å². The van der Waals surface area contributed by atoms with Crippen molar-refractivity contribution in [3.05, 3.63) is 173 Å². The second kappa shape index (κ2) is 12.5. The van der Waals surface area contributed by atoms with Crippen molar-refractivity contribution in [2.24, 2.45) is 0 Å². The van der Waals surface area contributed by atoms with Crippen LogP contribution in [0.3, 0.4) is 0 Å². The van der Waals surface area contributed by atoms with Gasteiger partial charge in [-0.15, -0.1) is 0 Å². The van der Waals surface area contributed by atoms with Crippen molar-refractivity contribution in [3.63, 3.8) is 0 Å². The number of nitrogens with zero attached hydrogens (tertiary/aromatic N) is 4. The third-order valence-electron chi connectivity index (χ3n) is 13.6. The monoisotopic (exact) mass is 774 g/mol. The molecule has 9 rings (SSSR count). The molecule has 0 radical (unpaired) electrons. The summed E-state index contributed by atoms with van der Waals surface area (Å²) in [6.45, 7) is 17.3. The third kappa shape index (κ3) is 4.96. The number of anilines is 2. The number of ether oxygens (including phenoxy) is 2. The Labute approximate surface area is 338 Å². The van der Waals surface area contributed by atoms with Gasteiger partial charge < -0.3 is 19.3 Å². The Morgan fingerprint density at radius 2 is 0.914 bits per heavy atom. The SMILES string of the molecule is Cc1c([N+](=O)[O-])cc2c(c1C)OC1(C=C2)N(Cc2ccc(CN3c4ccccc4C(C)(C)C34C=Cc3cc([N+](=O)[O-])c(C)c(C)c3O4)cc2)c2ccccc2C1(C)C. The average Bonchev–Trinajstić information content (AvgIpc) is 3.49. The summed E-state index contributed by atoms with van der Waals surface area (Å²) >= 11 is 0. The molecule has 0 amide bonds. The van der Waals surface area contributed by atoms with E-state index in [0.29, 0.717) is 46.8 Å². The van der Waals surface area contributed by atoms with E-state index in [4.69, 9.17) is 9.47 Å². The van der Waals surface area contributed by atoms with Crippen molar-refractivity contribution < 1.29 is 19.3 Å². The molecule has 2 unspecified atom stereocenters. The minimum atomic E-state index is -0.898. The topological polar surface area (TPSA) is 111 Å². The lowest BCUT2D eigenvalue weighted by molar-refractivity contribution is -0.385. The molecule has 5 aromatic carbocycles. The van der Waals surface area contributed by atoms with Crippen molar-refractivity contribution >= 4 is 34.9 Å². The van der Waals surface area contributed by atoms with Gasteiger partial charge in [0.25, 0.3) is 11.4 Å². The van der Waals surface area contributed by atoms with Gasteiger partial charge in [-0.2, -0.15) is 0 Å². The van der Waals surface area contributed by atoms with Crippen LogP contribution in [-0.2, 0) is 23.9 Å². The van der Waals surface area contributed by atoms with E-state index in [9.17, 15) is 20.2 Å². The molecule has 4 heterocycles. The van der Waals surface area contributed by atoms with Gasteiger partial charge in [-0.05, 0) is 114 Å². The van der Waals surface area contributed by atoms with Gasteiger partial charge in [0.2, 0.25) is 11.4 Å². The molecule has 10 heteroatoms. The largest absolute Gasteiger partial charge is 0.462 e. The van der Waals surface area contributed by atoms with E-state index in [1.54, 1.807) is 26.0 Å². The molecule has 2 atom stereocenters. The van der Waals surface area contributed by atoms with E-state index >= 15 is 0 Å². The molecule has 10 nitrogen and oxygen atoms in total. The Kier molecular flexibility index (Phi) is 8.04. The highest BCUT2D eigenvalue weighted by Crippen LogP contribution is 2.58. The van der Waals surface area contributed by atoms with Crippen molar-refractivity contribution in [1.29, 1.82) is 0 Å².